The molecule has 0 aromatic heterocycles. The molecule has 0 saturated carbocycles. The molecule has 0 rings (SSSR count). The minimum absolute atomic E-state index is 0.215. The van der Waals surface area contributed by atoms with Gasteiger partial charge in [0.1, 0.15) is 6.54 Å². The van der Waals surface area contributed by atoms with Crippen LogP contribution in [-0.4, -0.2) is 61.3 Å². The largest absolute Gasteiger partial charge is 0.550 e. The van der Waals surface area contributed by atoms with E-state index < -0.39 is 18.0 Å². The average molecular weight is 410 g/mol. The summed E-state index contributed by atoms with van der Waals surface area (Å²) in [5, 5.41) is 19.4. The third-order valence-electron chi connectivity index (χ3n) is 3.81. The van der Waals surface area contributed by atoms with Gasteiger partial charge in [0.25, 0.3) is 0 Å². The summed E-state index contributed by atoms with van der Waals surface area (Å²) in [6.07, 6.45) is 14.8. The Balaban J connectivity index is 3.97. The Kier molecular flexibility index (Phi) is 14.2. The first-order valence-electron chi connectivity index (χ1n) is 10.00. The van der Waals surface area contributed by atoms with Gasteiger partial charge in [-0.2, -0.15) is 0 Å². The van der Waals surface area contributed by atoms with Crippen LogP contribution in [0.15, 0.2) is 36.5 Å². The van der Waals surface area contributed by atoms with E-state index in [0.29, 0.717) is 23.9 Å². The molecule has 0 heterocycles. The Hall–Kier alpha value is -2.41. The van der Waals surface area contributed by atoms with Crippen molar-refractivity contribution in [1.82, 2.24) is 0 Å². The van der Waals surface area contributed by atoms with Crippen molar-refractivity contribution in [1.29, 1.82) is 0 Å². The second kappa shape index (κ2) is 15.5. The topological polar surface area (TPSA) is 104 Å². The number of carboxylic acids is 2. The maximum Gasteiger partial charge on any atom is 0.306 e. The van der Waals surface area contributed by atoms with Crippen molar-refractivity contribution in [2.75, 3.05) is 27.7 Å². The highest BCUT2D eigenvalue weighted by Crippen LogP contribution is 2.08. The maximum absolute atomic E-state index is 11.9. The first-order valence-corrected chi connectivity index (χ1v) is 10.00. The van der Waals surface area contributed by atoms with E-state index in [2.05, 4.69) is 0 Å². The van der Waals surface area contributed by atoms with Gasteiger partial charge in [0, 0.05) is 25.2 Å². The number of esters is 1. The molecule has 29 heavy (non-hydrogen) atoms. The molecule has 7 heteroatoms. The monoisotopic (exact) mass is 409 g/mol. The summed E-state index contributed by atoms with van der Waals surface area (Å²) < 4.78 is 5.79. The Morgan fingerprint density at radius 3 is 2.03 bits per heavy atom. The molecule has 1 atom stereocenters. The normalized spacial score (nSPS) is 13.3. The van der Waals surface area contributed by atoms with Crippen LogP contribution < -0.4 is 5.11 Å². The van der Waals surface area contributed by atoms with E-state index in [9.17, 15) is 19.5 Å². The number of hydrogen-bond donors (Lipinski definition) is 1. The minimum Gasteiger partial charge on any atom is -0.550 e. The van der Waals surface area contributed by atoms with Gasteiger partial charge in [-0.1, -0.05) is 36.5 Å². The first kappa shape index (κ1) is 26.6. The number of carbonyl (C=O) groups excluding carboxylic acids is 2. The summed E-state index contributed by atoms with van der Waals surface area (Å²) in [6, 6.07) is 0. The molecule has 0 aromatic carbocycles. The predicted molar refractivity (Wildman–Crippen MR) is 110 cm³/mol. The Bertz CT molecular complexity index is 587. The number of unbranched alkanes of at least 4 members (excludes halogenated alkanes) is 3. The first-order chi connectivity index (χ1) is 13.6. The van der Waals surface area contributed by atoms with Gasteiger partial charge in [-0.15, -0.1) is 0 Å². The summed E-state index contributed by atoms with van der Waals surface area (Å²) in [6.45, 7) is 0.414. The SMILES string of the molecule is C[N+](C)(C)CC(CC(=O)[O-])OC(=O)CCC/C=C/C=C/C=C/CCCCC(=O)O. The third kappa shape index (κ3) is 20.1. The fourth-order valence-corrected chi connectivity index (χ4v) is 2.57. The number of quaternary nitrogens is 1. The third-order valence-corrected chi connectivity index (χ3v) is 3.81. The van der Waals surface area contributed by atoms with Crippen molar-refractivity contribution in [2.45, 2.75) is 57.5 Å². The van der Waals surface area contributed by atoms with Gasteiger partial charge < -0.3 is 24.2 Å². The highest BCUT2D eigenvalue weighted by molar-refractivity contribution is 5.70. The molecule has 1 N–H and O–H groups in total. The van der Waals surface area contributed by atoms with E-state index in [1.807, 2.05) is 57.6 Å². The summed E-state index contributed by atoms with van der Waals surface area (Å²) in [5.74, 6) is -2.37. The summed E-state index contributed by atoms with van der Waals surface area (Å²) >= 11 is 0. The molecule has 0 amide bonds. The van der Waals surface area contributed by atoms with Crippen molar-refractivity contribution in [3.8, 4) is 0 Å². The summed E-state index contributed by atoms with van der Waals surface area (Å²) in [7, 11) is 5.72. The molecule has 164 valence electrons. The number of likely N-dealkylation sites (N-methyl/N-ethyl adjacent to an activating group) is 1. The van der Waals surface area contributed by atoms with Crippen LogP contribution in [0.3, 0.4) is 0 Å². The highest BCUT2D eigenvalue weighted by Gasteiger charge is 2.22. The van der Waals surface area contributed by atoms with E-state index in [1.54, 1.807) is 0 Å². The lowest BCUT2D eigenvalue weighted by Crippen LogP contribution is -2.45. The molecule has 0 radical (unpaired) electrons. The van der Waals surface area contributed by atoms with Gasteiger partial charge in [-0.05, 0) is 32.1 Å². The van der Waals surface area contributed by atoms with Crippen molar-refractivity contribution in [2.24, 2.45) is 0 Å². The smallest absolute Gasteiger partial charge is 0.306 e. The lowest BCUT2D eigenvalue weighted by Gasteiger charge is -2.29. The zero-order chi connectivity index (χ0) is 22.1. The van der Waals surface area contributed by atoms with E-state index in [-0.39, 0.29) is 25.2 Å². The molecule has 0 aliphatic carbocycles. The summed E-state index contributed by atoms with van der Waals surface area (Å²) in [4.78, 5) is 33.1. The quantitative estimate of drug-likeness (QED) is 0.181. The van der Waals surface area contributed by atoms with Gasteiger partial charge in [0.15, 0.2) is 6.10 Å². The number of ether oxygens (including phenoxy) is 1. The molecule has 0 bridgehead atoms. The second-order valence-corrected chi connectivity index (χ2v) is 7.93. The van der Waals surface area contributed by atoms with Crippen LogP contribution in [0.5, 0.6) is 0 Å². The number of hydrogen-bond acceptors (Lipinski definition) is 5. The van der Waals surface area contributed by atoms with Crippen molar-refractivity contribution in [3.63, 3.8) is 0 Å². The fourth-order valence-electron chi connectivity index (χ4n) is 2.57. The Morgan fingerprint density at radius 2 is 1.52 bits per heavy atom. The van der Waals surface area contributed by atoms with Crippen LogP contribution in [0.25, 0.3) is 0 Å². The number of carboxylic acid groups (broad SMARTS) is 2. The molecular weight excluding hydrogens is 374 g/mol. The molecule has 1 unspecified atom stereocenters. The number of aliphatic carboxylic acids is 2. The fraction of sp³-hybridized carbons (Fsp3) is 0.591. The lowest BCUT2D eigenvalue weighted by atomic mass is 10.2. The van der Waals surface area contributed by atoms with E-state index >= 15 is 0 Å². The zero-order valence-electron chi connectivity index (χ0n) is 17.8. The predicted octanol–water partition coefficient (Wildman–Crippen LogP) is 2.23. The van der Waals surface area contributed by atoms with E-state index in [1.165, 1.54) is 0 Å². The van der Waals surface area contributed by atoms with Crippen LogP contribution in [0, 0.1) is 0 Å². The Labute approximate surface area is 173 Å². The standard InChI is InChI=1S/C22H35NO6/c1-23(2,3)18-19(17-21(26)27)29-22(28)16-14-12-10-8-6-4-5-7-9-11-13-15-20(24)25/h4-8,10,19H,9,11-18H2,1-3H3,(H-,24,25,26,27)/b6-4+,7-5+,10-8+. The molecule has 0 fully saturated rings. The van der Waals surface area contributed by atoms with Crippen LogP contribution in [0.1, 0.15) is 51.4 Å². The summed E-state index contributed by atoms with van der Waals surface area (Å²) in [5.41, 5.74) is 0. The Morgan fingerprint density at radius 1 is 0.931 bits per heavy atom. The van der Waals surface area contributed by atoms with Crippen LogP contribution in [0.4, 0.5) is 0 Å². The maximum atomic E-state index is 11.9. The molecule has 0 aliphatic heterocycles. The molecule has 0 aromatic rings. The van der Waals surface area contributed by atoms with Crippen LogP contribution in [-0.2, 0) is 19.1 Å². The van der Waals surface area contributed by atoms with Gasteiger partial charge in [-0.25, -0.2) is 0 Å². The highest BCUT2D eigenvalue weighted by atomic mass is 16.5. The molecule has 7 nitrogen and oxygen atoms in total. The molecule has 0 aliphatic rings. The van der Waals surface area contributed by atoms with Crippen molar-refractivity contribution in [3.05, 3.63) is 36.5 Å². The van der Waals surface area contributed by atoms with Crippen molar-refractivity contribution >= 4 is 17.9 Å². The van der Waals surface area contributed by atoms with Gasteiger partial charge in [0.2, 0.25) is 0 Å². The van der Waals surface area contributed by atoms with Crippen molar-refractivity contribution < 1.29 is 33.8 Å². The molecule has 0 spiro atoms. The number of rotatable bonds is 16. The van der Waals surface area contributed by atoms with Gasteiger partial charge in [0.05, 0.1) is 21.1 Å². The second-order valence-electron chi connectivity index (χ2n) is 7.93. The lowest BCUT2D eigenvalue weighted by molar-refractivity contribution is -0.873. The molecular formula is C22H35NO6. The van der Waals surface area contributed by atoms with Crippen LogP contribution in [0.2, 0.25) is 0 Å². The van der Waals surface area contributed by atoms with E-state index in [4.69, 9.17) is 9.84 Å². The molecule has 0 saturated heterocycles. The van der Waals surface area contributed by atoms with Gasteiger partial charge >= 0.3 is 11.9 Å². The number of allylic oxidation sites excluding steroid dienone is 6. The number of nitrogens with zero attached hydrogens (tertiary/aromatic N) is 1. The minimum atomic E-state index is -1.22. The van der Waals surface area contributed by atoms with E-state index in [0.717, 1.165) is 19.3 Å². The number of carbonyl (C=O) groups is 3. The van der Waals surface area contributed by atoms with Crippen LogP contribution >= 0.6 is 0 Å². The average Bonchev–Trinajstić information content (AvgIpc) is 2.56. The zero-order valence-corrected chi connectivity index (χ0v) is 17.8. The van der Waals surface area contributed by atoms with Gasteiger partial charge in [-0.3, -0.25) is 9.59 Å².